The fraction of sp³-hybridized carbons (Fsp3) is 0.647. The maximum atomic E-state index is 11.9. The summed E-state index contributed by atoms with van der Waals surface area (Å²) < 4.78 is 5.94. The van der Waals surface area contributed by atoms with E-state index in [1.54, 1.807) is 12.4 Å². The summed E-state index contributed by atoms with van der Waals surface area (Å²) in [6.07, 6.45) is 5.82. The summed E-state index contributed by atoms with van der Waals surface area (Å²) in [5, 5.41) is 5.85. The number of urea groups is 1. The highest BCUT2D eigenvalue weighted by Gasteiger charge is 2.35. The molecule has 2 heterocycles. The maximum absolute atomic E-state index is 11.9. The van der Waals surface area contributed by atoms with E-state index in [-0.39, 0.29) is 17.6 Å². The van der Waals surface area contributed by atoms with Gasteiger partial charge in [-0.05, 0) is 36.0 Å². The molecule has 1 aromatic heterocycles. The first kappa shape index (κ1) is 16.7. The molecule has 2 amide bonds. The van der Waals surface area contributed by atoms with E-state index in [1.165, 1.54) is 0 Å². The fourth-order valence-corrected chi connectivity index (χ4v) is 2.98. The van der Waals surface area contributed by atoms with Crippen molar-refractivity contribution in [2.75, 3.05) is 13.2 Å². The van der Waals surface area contributed by atoms with Crippen molar-refractivity contribution >= 4 is 6.03 Å². The first-order valence-electron chi connectivity index (χ1n) is 7.99. The average molecular weight is 305 g/mol. The van der Waals surface area contributed by atoms with Crippen molar-refractivity contribution < 1.29 is 9.53 Å². The third-order valence-electron chi connectivity index (χ3n) is 4.03. The lowest BCUT2D eigenvalue weighted by Crippen LogP contribution is -2.46. The highest BCUT2D eigenvalue weighted by atomic mass is 16.5. The van der Waals surface area contributed by atoms with Crippen LogP contribution in [-0.4, -0.2) is 30.3 Å². The number of rotatable bonds is 4. The Morgan fingerprint density at radius 1 is 1.32 bits per heavy atom. The number of nitrogens with one attached hydrogen (secondary N) is 2. The second kappa shape index (κ2) is 7.58. The van der Waals surface area contributed by atoms with E-state index in [2.05, 4.69) is 36.4 Å². The highest BCUT2D eigenvalue weighted by Crippen LogP contribution is 2.33. The van der Waals surface area contributed by atoms with Crippen LogP contribution in [0.4, 0.5) is 4.79 Å². The minimum absolute atomic E-state index is 0.0975. The molecule has 1 fully saturated rings. The van der Waals surface area contributed by atoms with Crippen molar-refractivity contribution in [1.82, 2.24) is 15.6 Å². The van der Waals surface area contributed by atoms with Crippen molar-refractivity contribution in [3.63, 3.8) is 0 Å². The van der Waals surface area contributed by atoms with Crippen molar-refractivity contribution in [2.24, 2.45) is 11.3 Å². The van der Waals surface area contributed by atoms with Gasteiger partial charge in [-0.2, -0.15) is 0 Å². The number of nitrogens with zero attached hydrogens (tertiary/aromatic N) is 1. The summed E-state index contributed by atoms with van der Waals surface area (Å²) in [6, 6.07) is 3.66. The Morgan fingerprint density at radius 2 is 2.05 bits per heavy atom. The molecule has 0 aromatic carbocycles. The van der Waals surface area contributed by atoms with E-state index in [1.807, 2.05) is 12.1 Å². The van der Waals surface area contributed by atoms with Gasteiger partial charge in [0.05, 0.1) is 6.10 Å². The van der Waals surface area contributed by atoms with Crippen LogP contribution in [0.1, 0.15) is 39.2 Å². The smallest absolute Gasteiger partial charge is 0.315 e. The second-order valence-electron chi connectivity index (χ2n) is 6.98. The summed E-state index contributed by atoms with van der Waals surface area (Å²) in [6.45, 7) is 8.58. The first-order valence-corrected chi connectivity index (χ1v) is 7.99. The molecule has 22 heavy (non-hydrogen) atoms. The third-order valence-corrected chi connectivity index (χ3v) is 4.03. The minimum atomic E-state index is -0.130. The van der Waals surface area contributed by atoms with Crippen LogP contribution >= 0.6 is 0 Å². The lowest BCUT2D eigenvalue weighted by atomic mass is 9.78. The maximum Gasteiger partial charge on any atom is 0.315 e. The largest absolute Gasteiger partial charge is 0.377 e. The van der Waals surface area contributed by atoms with Gasteiger partial charge in [0.2, 0.25) is 0 Å². The Morgan fingerprint density at radius 3 is 2.73 bits per heavy atom. The zero-order chi connectivity index (χ0) is 16.0. The summed E-state index contributed by atoms with van der Waals surface area (Å²) >= 11 is 0. The van der Waals surface area contributed by atoms with Crippen LogP contribution < -0.4 is 10.6 Å². The molecule has 5 nitrogen and oxygen atoms in total. The van der Waals surface area contributed by atoms with Crippen molar-refractivity contribution in [1.29, 1.82) is 0 Å². The van der Waals surface area contributed by atoms with Gasteiger partial charge in [0, 0.05) is 38.0 Å². The molecule has 1 aliphatic heterocycles. The number of aromatic nitrogens is 1. The second-order valence-corrected chi connectivity index (χ2v) is 6.98. The molecule has 2 rings (SSSR count). The van der Waals surface area contributed by atoms with E-state index in [0.717, 1.165) is 25.0 Å². The molecule has 1 saturated heterocycles. The molecule has 1 aliphatic rings. The summed E-state index contributed by atoms with van der Waals surface area (Å²) in [4.78, 5) is 15.9. The van der Waals surface area contributed by atoms with Crippen LogP contribution in [0.15, 0.2) is 24.5 Å². The Bertz CT molecular complexity index is 471. The van der Waals surface area contributed by atoms with Crippen LogP contribution in [0.25, 0.3) is 0 Å². The molecule has 2 atom stereocenters. The minimum Gasteiger partial charge on any atom is -0.377 e. The number of pyridine rings is 1. The van der Waals surface area contributed by atoms with Crippen LogP contribution in [0.5, 0.6) is 0 Å². The number of ether oxygens (including phenoxy) is 1. The van der Waals surface area contributed by atoms with E-state index < -0.39 is 0 Å². The standard InChI is InChI=1S/C17H27N3O2/c1-17(2,3)15-14(5-4-10-22-15)12-20-16(21)19-11-13-6-8-18-9-7-13/h6-9,14-15H,4-5,10-12H2,1-3H3,(H2,19,20,21)/t14-,15-/m1/s1. The lowest BCUT2D eigenvalue weighted by Gasteiger charge is -2.40. The molecule has 2 N–H and O–H groups in total. The van der Waals surface area contributed by atoms with Crippen LogP contribution in [0.3, 0.4) is 0 Å². The van der Waals surface area contributed by atoms with Crippen molar-refractivity contribution in [3.05, 3.63) is 30.1 Å². The molecular formula is C17H27N3O2. The zero-order valence-electron chi connectivity index (χ0n) is 13.8. The molecule has 0 bridgehead atoms. The van der Waals surface area contributed by atoms with Gasteiger partial charge in [-0.25, -0.2) is 4.79 Å². The third kappa shape index (κ3) is 4.98. The normalized spacial score (nSPS) is 22.1. The zero-order valence-corrected chi connectivity index (χ0v) is 13.8. The van der Waals surface area contributed by atoms with Gasteiger partial charge in [-0.3, -0.25) is 4.98 Å². The Balaban J connectivity index is 1.77. The molecule has 0 spiro atoms. The highest BCUT2D eigenvalue weighted by molar-refractivity contribution is 5.73. The molecular weight excluding hydrogens is 278 g/mol. The van der Waals surface area contributed by atoms with E-state index in [9.17, 15) is 4.79 Å². The Hall–Kier alpha value is -1.62. The van der Waals surface area contributed by atoms with Gasteiger partial charge < -0.3 is 15.4 Å². The fourth-order valence-electron chi connectivity index (χ4n) is 2.98. The van der Waals surface area contributed by atoms with E-state index in [4.69, 9.17) is 4.74 Å². The van der Waals surface area contributed by atoms with Crippen molar-refractivity contribution in [3.8, 4) is 0 Å². The number of hydrogen-bond donors (Lipinski definition) is 2. The first-order chi connectivity index (χ1) is 10.5. The van der Waals surface area contributed by atoms with E-state index in [0.29, 0.717) is 19.0 Å². The molecule has 0 aliphatic carbocycles. The molecule has 0 unspecified atom stereocenters. The summed E-state index contributed by atoms with van der Waals surface area (Å²) in [5.74, 6) is 0.375. The SMILES string of the molecule is CC(C)(C)[C@@H]1OCCC[C@@H]1CNC(=O)NCc1ccncc1. The average Bonchev–Trinajstić information content (AvgIpc) is 2.51. The molecule has 122 valence electrons. The van der Waals surface area contributed by atoms with Crippen LogP contribution in [0.2, 0.25) is 0 Å². The van der Waals surface area contributed by atoms with E-state index >= 15 is 0 Å². The molecule has 5 heteroatoms. The number of amides is 2. The van der Waals surface area contributed by atoms with Gasteiger partial charge in [0.1, 0.15) is 0 Å². The van der Waals surface area contributed by atoms with Gasteiger partial charge in [-0.1, -0.05) is 20.8 Å². The Labute approximate surface area is 132 Å². The number of carbonyl (C=O) groups is 1. The summed E-state index contributed by atoms with van der Waals surface area (Å²) in [5.41, 5.74) is 1.14. The molecule has 1 aromatic rings. The van der Waals surface area contributed by atoms with Crippen LogP contribution in [-0.2, 0) is 11.3 Å². The Kier molecular flexibility index (Phi) is 5.77. The lowest BCUT2D eigenvalue weighted by molar-refractivity contribution is -0.0837. The molecule has 0 radical (unpaired) electrons. The number of carbonyl (C=O) groups excluding carboxylic acids is 1. The van der Waals surface area contributed by atoms with Crippen molar-refractivity contribution in [2.45, 2.75) is 46.3 Å². The van der Waals surface area contributed by atoms with Gasteiger partial charge in [0.15, 0.2) is 0 Å². The predicted molar refractivity (Wildman–Crippen MR) is 86.4 cm³/mol. The number of hydrogen-bond acceptors (Lipinski definition) is 3. The summed E-state index contributed by atoms with van der Waals surface area (Å²) in [7, 11) is 0. The topological polar surface area (TPSA) is 63.2 Å². The monoisotopic (exact) mass is 305 g/mol. The van der Waals surface area contributed by atoms with Gasteiger partial charge in [0.25, 0.3) is 0 Å². The predicted octanol–water partition coefficient (Wildman–Crippen LogP) is 2.72. The quantitative estimate of drug-likeness (QED) is 0.899. The molecule has 0 saturated carbocycles. The van der Waals surface area contributed by atoms with Crippen LogP contribution in [0, 0.1) is 11.3 Å². The van der Waals surface area contributed by atoms with Gasteiger partial charge in [-0.15, -0.1) is 0 Å². The van der Waals surface area contributed by atoms with Gasteiger partial charge >= 0.3 is 6.03 Å².